The Hall–Kier alpha value is -0.500. The maximum atomic E-state index is 5.53. The van der Waals surface area contributed by atoms with Crippen LogP contribution in [0.1, 0.15) is 26.2 Å². The van der Waals surface area contributed by atoms with Crippen LogP contribution in [0.2, 0.25) is 0 Å². The van der Waals surface area contributed by atoms with Gasteiger partial charge in [-0.25, -0.2) is 0 Å². The quantitative estimate of drug-likeness (QED) is 0.624. The van der Waals surface area contributed by atoms with E-state index in [0.29, 0.717) is 6.10 Å². The van der Waals surface area contributed by atoms with Gasteiger partial charge in [-0.15, -0.1) is 0 Å². The second-order valence-electron chi connectivity index (χ2n) is 3.23. The zero-order chi connectivity index (χ0) is 8.81. The van der Waals surface area contributed by atoms with Gasteiger partial charge in [-0.05, 0) is 32.4 Å². The van der Waals surface area contributed by atoms with Crippen LogP contribution >= 0.6 is 0 Å². The minimum atomic E-state index is 0.513. The largest absolute Gasteiger partial charge is 0.378 e. The van der Waals surface area contributed by atoms with Gasteiger partial charge >= 0.3 is 0 Å². The summed E-state index contributed by atoms with van der Waals surface area (Å²) in [5, 5.41) is 0. The molecule has 0 amide bonds. The van der Waals surface area contributed by atoms with Crippen molar-refractivity contribution >= 4 is 0 Å². The Morgan fingerprint density at radius 1 is 1.67 bits per heavy atom. The molecule has 12 heavy (non-hydrogen) atoms. The van der Waals surface area contributed by atoms with Gasteiger partial charge < -0.3 is 9.64 Å². The van der Waals surface area contributed by atoms with Gasteiger partial charge in [-0.1, -0.05) is 6.58 Å². The van der Waals surface area contributed by atoms with Gasteiger partial charge in [0.25, 0.3) is 0 Å². The molecule has 1 heterocycles. The highest BCUT2D eigenvalue weighted by molar-refractivity contribution is 4.73. The van der Waals surface area contributed by atoms with E-state index in [1.807, 2.05) is 6.20 Å². The molecule has 2 heteroatoms. The highest BCUT2D eigenvalue weighted by Gasteiger charge is 2.15. The van der Waals surface area contributed by atoms with Crippen LogP contribution in [0.15, 0.2) is 12.8 Å². The second kappa shape index (κ2) is 5.20. The van der Waals surface area contributed by atoms with Crippen molar-refractivity contribution in [2.75, 3.05) is 19.7 Å². The van der Waals surface area contributed by atoms with Crippen molar-refractivity contribution in [2.24, 2.45) is 0 Å². The monoisotopic (exact) mass is 169 g/mol. The van der Waals surface area contributed by atoms with E-state index in [9.17, 15) is 0 Å². The summed E-state index contributed by atoms with van der Waals surface area (Å²) in [6, 6.07) is 0. The molecule has 0 aromatic heterocycles. The summed E-state index contributed by atoms with van der Waals surface area (Å²) in [5.41, 5.74) is 0. The van der Waals surface area contributed by atoms with Crippen molar-refractivity contribution in [3.8, 4) is 0 Å². The first-order valence-corrected chi connectivity index (χ1v) is 4.85. The summed E-state index contributed by atoms with van der Waals surface area (Å²) in [6.07, 6.45) is 6.06. The lowest BCUT2D eigenvalue weighted by atomic mass is 10.2. The van der Waals surface area contributed by atoms with Gasteiger partial charge in [0.05, 0.1) is 6.10 Å². The molecule has 0 radical (unpaired) electrons. The van der Waals surface area contributed by atoms with E-state index in [-0.39, 0.29) is 0 Å². The Bertz CT molecular complexity index is 130. The molecule has 1 aliphatic rings. The number of hydrogen-bond acceptors (Lipinski definition) is 2. The molecule has 0 N–H and O–H groups in total. The Morgan fingerprint density at radius 2 is 2.50 bits per heavy atom. The molecule has 0 spiro atoms. The Balaban J connectivity index is 2.10. The molecule has 70 valence electrons. The SMILES string of the molecule is C=CN(CC)CCC1CCCO1. The molecule has 1 fully saturated rings. The third-order valence-electron chi connectivity index (χ3n) is 2.43. The number of hydrogen-bond donors (Lipinski definition) is 0. The Morgan fingerprint density at radius 3 is 3.00 bits per heavy atom. The van der Waals surface area contributed by atoms with Crippen molar-refractivity contribution in [3.63, 3.8) is 0 Å². The average molecular weight is 169 g/mol. The van der Waals surface area contributed by atoms with Crippen LogP contribution < -0.4 is 0 Å². The van der Waals surface area contributed by atoms with Gasteiger partial charge in [0.1, 0.15) is 0 Å². The maximum Gasteiger partial charge on any atom is 0.0592 e. The predicted molar refractivity (Wildman–Crippen MR) is 51.0 cm³/mol. The lowest BCUT2D eigenvalue weighted by Crippen LogP contribution is -2.21. The van der Waals surface area contributed by atoms with E-state index in [4.69, 9.17) is 4.74 Å². The first kappa shape index (κ1) is 9.59. The molecule has 0 aromatic carbocycles. The molecule has 0 aliphatic carbocycles. The van der Waals surface area contributed by atoms with Gasteiger partial charge in [0.15, 0.2) is 0 Å². The minimum Gasteiger partial charge on any atom is -0.378 e. The van der Waals surface area contributed by atoms with Crippen LogP contribution in [-0.2, 0) is 4.74 Å². The maximum absolute atomic E-state index is 5.53. The van der Waals surface area contributed by atoms with Crippen LogP contribution in [0.25, 0.3) is 0 Å². The standard InChI is InChI=1S/C10H19NO/c1-3-11(4-2)8-7-10-6-5-9-12-10/h3,10H,1,4-9H2,2H3. The molecule has 0 saturated carbocycles. The van der Waals surface area contributed by atoms with Crippen molar-refractivity contribution in [1.82, 2.24) is 4.90 Å². The first-order valence-electron chi connectivity index (χ1n) is 4.85. The van der Waals surface area contributed by atoms with E-state index in [2.05, 4.69) is 18.4 Å². The van der Waals surface area contributed by atoms with Crippen molar-refractivity contribution in [3.05, 3.63) is 12.8 Å². The predicted octanol–water partition coefficient (Wildman–Crippen LogP) is 2.02. The number of nitrogens with zero attached hydrogens (tertiary/aromatic N) is 1. The van der Waals surface area contributed by atoms with E-state index in [0.717, 1.165) is 26.1 Å². The molecule has 0 aromatic rings. The lowest BCUT2D eigenvalue weighted by molar-refractivity contribution is 0.0974. The van der Waals surface area contributed by atoms with Crippen molar-refractivity contribution < 1.29 is 4.74 Å². The fourth-order valence-corrected chi connectivity index (χ4v) is 1.56. The second-order valence-corrected chi connectivity index (χ2v) is 3.23. The minimum absolute atomic E-state index is 0.513. The highest BCUT2D eigenvalue weighted by Crippen LogP contribution is 2.15. The first-order chi connectivity index (χ1) is 5.86. The van der Waals surface area contributed by atoms with Crippen molar-refractivity contribution in [1.29, 1.82) is 0 Å². The molecule has 2 nitrogen and oxygen atoms in total. The fourth-order valence-electron chi connectivity index (χ4n) is 1.56. The average Bonchev–Trinajstić information content (AvgIpc) is 2.59. The Kier molecular flexibility index (Phi) is 4.15. The summed E-state index contributed by atoms with van der Waals surface area (Å²) in [4.78, 5) is 2.22. The molecule has 1 atom stereocenters. The van der Waals surface area contributed by atoms with Gasteiger partial charge in [-0.3, -0.25) is 0 Å². The molecule has 1 saturated heterocycles. The number of rotatable bonds is 5. The topological polar surface area (TPSA) is 12.5 Å². The van der Waals surface area contributed by atoms with Crippen LogP contribution in [-0.4, -0.2) is 30.7 Å². The zero-order valence-electron chi connectivity index (χ0n) is 7.96. The molecule has 1 unspecified atom stereocenters. The van der Waals surface area contributed by atoms with E-state index in [1.54, 1.807) is 0 Å². The summed E-state index contributed by atoms with van der Waals surface area (Å²) >= 11 is 0. The van der Waals surface area contributed by atoms with Crippen LogP contribution in [0.5, 0.6) is 0 Å². The van der Waals surface area contributed by atoms with E-state index >= 15 is 0 Å². The fraction of sp³-hybridized carbons (Fsp3) is 0.800. The highest BCUT2D eigenvalue weighted by atomic mass is 16.5. The van der Waals surface area contributed by atoms with Crippen LogP contribution in [0.4, 0.5) is 0 Å². The molecular formula is C10H19NO. The van der Waals surface area contributed by atoms with E-state index < -0.39 is 0 Å². The van der Waals surface area contributed by atoms with Gasteiger partial charge in [0.2, 0.25) is 0 Å². The molecular weight excluding hydrogens is 150 g/mol. The Labute approximate surface area is 75.2 Å². The summed E-state index contributed by atoms with van der Waals surface area (Å²) in [6.45, 7) is 9.02. The van der Waals surface area contributed by atoms with Crippen LogP contribution in [0, 0.1) is 0 Å². The van der Waals surface area contributed by atoms with Gasteiger partial charge in [-0.2, -0.15) is 0 Å². The number of ether oxygens (including phenoxy) is 1. The molecule has 1 aliphatic heterocycles. The summed E-state index contributed by atoms with van der Waals surface area (Å²) < 4.78 is 5.53. The molecule has 1 rings (SSSR count). The van der Waals surface area contributed by atoms with E-state index in [1.165, 1.54) is 12.8 Å². The summed E-state index contributed by atoms with van der Waals surface area (Å²) in [5.74, 6) is 0. The third kappa shape index (κ3) is 2.86. The van der Waals surface area contributed by atoms with Crippen molar-refractivity contribution in [2.45, 2.75) is 32.3 Å². The van der Waals surface area contributed by atoms with Gasteiger partial charge in [0, 0.05) is 19.7 Å². The zero-order valence-corrected chi connectivity index (χ0v) is 7.96. The normalized spacial score (nSPS) is 22.6. The smallest absolute Gasteiger partial charge is 0.0592 e. The van der Waals surface area contributed by atoms with Crippen LogP contribution in [0.3, 0.4) is 0 Å². The summed E-state index contributed by atoms with van der Waals surface area (Å²) in [7, 11) is 0. The lowest BCUT2D eigenvalue weighted by Gasteiger charge is -2.19. The third-order valence-corrected chi connectivity index (χ3v) is 2.43. The molecule has 0 bridgehead atoms.